The number of hydrogen-bond acceptors (Lipinski definition) is 3. The fourth-order valence-corrected chi connectivity index (χ4v) is 2.30. The summed E-state index contributed by atoms with van der Waals surface area (Å²) in [6, 6.07) is 5.86. The minimum absolute atomic E-state index is 0.185. The van der Waals surface area contributed by atoms with E-state index in [9.17, 15) is 9.59 Å². The maximum atomic E-state index is 11.9. The van der Waals surface area contributed by atoms with Crippen LogP contribution < -0.4 is 10.6 Å². The number of amides is 3. The van der Waals surface area contributed by atoms with Crippen LogP contribution in [0.1, 0.15) is 37.0 Å². The van der Waals surface area contributed by atoms with Crippen molar-refractivity contribution in [2.75, 3.05) is 20.1 Å². The molecular weight excluding hydrogens is 290 g/mol. The normalized spacial score (nSPS) is 10.9. The molecule has 0 aliphatic rings. The molecule has 0 bridgehead atoms. The van der Waals surface area contributed by atoms with Crippen LogP contribution in [0.2, 0.25) is 0 Å². The summed E-state index contributed by atoms with van der Waals surface area (Å²) < 4.78 is 0. The van der Waals surface area contributed by atoms with Gasteiger partial charge in [-0.1, -0.05) is 37.6 Å². The minimum Gasteiger partial charge on any atom is -0.338 e. The molecule has 0 atom stereocenters. The Balaban J connectivity index is 2.37. The monoisotopic (exact) mass is 319 g/mol. The summed E-state index contributed by atoms with van der Waals surface area (Å²) in [5.74, 6) is 0.231. The van der Waals surface area contributed by atoms with Crippen LogP contribution in [-0.2, 0) is 11.3 Å². The second kappa shape index (κ2) is 9.30. The summed E-state index contributed by atoms with van der Waals surface area (Å²) in [5, 5.41) is 5.06. The standard InChI is InChI=1S/C18H29N3O2/c1-13(2)8-9-19-18(23)20-17(22)12-21(5)11-16-7-6-14(3)10-15(16)4/h6-7,10,13H,8-9,11-12H2,1-5H3,(H2,19,20,22,23). The van der Waals surface area contributed by atoms with Crippen molar-refractivity contribution in [3.05, 3.63) is 34.9 Å². The van der Waals surface area contributed by atoms with Gasteiger partial charge in [-0.05, 0) is 44.4 Å². The Labute approximate surface area is 139 Å². The van der Waals surface area contributed by atoms with E-state index >= 15 is 0 Å². The Hall–Kier alpha value is -1.88. The van der Waals surface area contributed by atoms with Crippen LogP contribution in [0.4, 0.5) is 4.79 Å². The summed E-state index contributed by atoms with van der Waals surface area (Å²) in [7, 11) is 1.87. The molecule has 0 aliphatic carbocycles. The molecule has 0 aliphatic heterocycles. The number of rotatable bonds is 7. The summed E-state index contributed by atoms with van der Waals surface area (Å²) in [4.78, 5) is 25.4. The third-order valence-electron chi connectivity index (χ3n) is 3.61. The van der Waals surface area contributed by atoms with Crippen molar-refractivity contribution in [3.63, 3.8) is 0 Å². The van der Waals surface area contributed by atoms with E-state index in [-0.39, 0.29) is 12.5 Å². The summed E-state index contributed by atoms with van der Waals surface area (Å²) >= 11 is 0. The Morgan fingerprint density at radius 1 is 1.22 bits per heavy atom. The van der Waals surface area contributed by atoms with Crippen molar-refractivity contribution >= 4 is 11.9 Å². The number of aryl methyl sites for hydroxylation is 2. The first-order valence-corrected chi connectivity index (χ1v) is 8.10. The summed E-state index contributed by atoms with van der Waals surface area (Å²) in [5.41, 5.74) is 3.63. The molecule has 0 aromatic heterocycles. The Kier molecular flexibility index (Phi) is 7.75. The number of hydrogen-bond donors (Lipinski definition) is 2. The smallest absolute Gasteiger partial charge is 0.321 e. The van der Waals surface area contributed by atoms with Crippen molar-refractivity contribution in [1.82, 2.24) is 15.5 Å². The van der Waals surface area contributed by atoms with E-state index in [0.717, 1.165) is 6.42 Å². The van der Waals surface area contributed by atoms with Crippen LogP contribution in [0.15, 0.2) is 18.2 Å². The first kappa shape index (κ1) is 19.2. The quantitative estimate of drug-likeness (QED) is 0.812. The lowest BCUT2D eigenvalue weighted by Gasteiger charge is -2.18. The van der Waals surface area contributed by atoms with Crippen LogP contribution in [0.5, 0.6) is 0 Å². The molecule has 128 valence electrons. The molecule has 23 heavy (non-hydrogen) atoms. The summed E-state index contributed by atoms with van der Waals surface area (Å²) in [6.45, 7) is 9.75. The fraction of sp³-hybridized carbons (Fsp3) is 0.556. The van der Waals surface area contributed by atoms with Gasteiger partial charge in [0.25, 0.3) is 0 Å². The van der Waals surface area contributed by atoms with Gasteiger partial charge in [0.05, 0.1) is 6.54 Å². The molecule has 0 saturated heterocycles. The molecule has 5 nitrogen and oxygen atoms in total. The highest BCUT2D eigenvalue weighted by molar-refractivity contribution is 5.95. The van der Waals surface area contributed by atoms with Crippen molar-refractivity contribution in [1.29, 1.82) is 0 Å². The number of imide groups is 1. The zero-order valence-electron chi connectivity index (χ0n) is 14.9. The number of nitrogens with zero attached hydrogens (tertiary/aromatic N) is 1. The molecule has 1 aromatic rings. The largest absolute Gasteiger partial charge is 0.338 e. The SMILES string of the molecule is Cc1ccc(CN(C)CC(=O)NC(=O)NCCC(C)C)c(C)c1. The predicted octanol–water partition coefficient (Wildman–Crippen LogP) is 2.61. The molecule has 0 unspecified atom stereocenters. The van der Waals surface area contributed by atoms with Gasteiger partial charge in [-0.25, -0.2) is 4.79 Å². The van der Waals surface area contributed by atoms with E-state index in [1.54, 1.807) is 0 Å². The molecule has 3 amide bonds. The van der Waals surface area contributed by atoms with E-state index in [1.807, 2.05) is 11.9 Å². The number of urea groups is 1. The van der Waals surface area contributed by atoms with Gasteiger partial charge >= 0.3 is 6.03 Å². The molecule has 1 aromatic carbocycles. The third kappa shape index (κ3) is 7.79. The maximum Gasteiger partial charge on any atom is 0.321 e. The molecule has 0 heterocycles. The highest BCUT2D eigenvalue weighted by Gasteiger charge is 2.11. The van der Waals surface area contributed by atoms with Crippen molar-refractivity contribution < 1.29 is 9.59 Å². The zero-order valence-corrected chi connectivity index (χ0v) is 14.9. The van der Waals surface area contributed by atoms with Gasteiger partial charge in [0.15, 0.2) is 0 Å². The first-order valence-electron chi connectivity index (χ1n) is 8.10. The van der Waals surface area contributed by atoms with Crippen LogP contribution in [-0.4, -0.2) is 37.0 Å². The number of likely N-dealkylation sites (N-methyl/N-ethyl adjacent to an activating group) is 1. The topological polar surface area (TPSA) is 61.4 Å². The second-order valence-electron chi connectivity index (χ2n) is 6.59. The number of carbonyl (C=O) groups excluding carboxylic acids is 2. The van der Waals surface area contributed by atoms with Crippen LogP contribution in [0.3, 0.4) is 0 Å². The highest BCUT2D eigenvalue weighted by Crippen LogP contribution is 2.12. The van der Waals surface area contributed by atoms with Gasteiger partial charge in [-0.15, -0.1) is 0 Å². The molecule has 1 rings (SSSR count). The Morgan fingerprint density at radius 2 is 1.91 bits per heavy atom. The first-order chi connectivity index (χ1) is 10.8. The summed E-state index contributed by atoms with van der Waals surface area (Å²) in [6.07, 6.45) is 0.897. The second-order valence-corrected chi connectivity index (χ2v) is 6.59. The number of nitrogens with one attached hydrogen (secondary N) is 2. The Bertz CT molecular complexity index is 541. The lowest BCUT2D eigenvalue weighted by atomic mass is 10.1. The van der Waals surface area contributed by atoms with Gasteiger partial charge in [0, 0.05) is 13.1 Å². The van der Waals surface area contributed by atoms with Gasteiger partial charge in [-0.2, -0.15) is 0 Å². The average molecular weight is 319 g/mol. The van der Waals surface area contributed by atoms with Gasteiger partial charge in [-0.3, -0.25) is 15.0 Å². The van der Waals surface area contributed by atoms with E-state index in [0.29, 0.717) is 19.0 Å². The molecule has 0 fully saturated rings. The van der Waals surface area contributed by atoms with E-state index in [1.165, 1.54) is 16.7 Å². The van der Waals surface area contributed by atoms with E-state index in [4.69, 9.17) is 0 Å². The lowest BCUT2D eigenvalue weighted by molar-refractivity contribution is -0.120. The van der Waals surface area contributed by atoms with E-state index < -0.39 is 6.03 Å². The van der Waals surface area contributed by atoms with Crippen molar-refractivity contribution in [2.24, 2.45) is 5.92 Å². The maximum absolute atomic E-state index is 11.9. The van der Waals surface area contributed by atoms with Crippen LogP contribution in [0, 0.1) is 19.8 Å². The minimum atomic E-state index is -0.421. The average Bonchev–Trinajstić information content (AvgIpc) is 2.41. The molecule has 0 radical (unpaired) electrons. The third-order valence-corrected chi connectivity index (χ3v) is 3.61. The fourth-order valence-electron chi connectivity index (χ4n) is 2.30. The van der Waals surface area contributed by atoms with Crippen molar-refractivity contribution in [3.8, 4) is 0 Å². The highest BCUT2D eigenvalue weighted by atomic mass is 16.2. The van der Waals surface area contributed by atoms with Crippen molar-refractivity contribution in [2.45, 2.75) is 40.7 Å². The molecular formula is C18H29N3O2. The van der Waals surface area contributed by atoms with Crippen LogP contribution in [0.25, 0.3) is 0 Å². The molecule has 0 saturated carbocycles. The zero-order chi connectivity index (χ0) is 17.4. The van der Waals surface area contributed by atoms with Crippen LogP contribution >= 0.6 is 0 Å². The van der Waals surface area contributed by atoms with Gasteiger partial charge < -0.3 is 5.32 Å². The number of carbonyl (C=O) groups is 2. The molecule has 2 N–H and O–H groups in total. The molecule has 5 heteroatoms. The van der Waals surface area contributed by atoms with E-state index in [2.05, 4.69) is 56.5 Å². The van der Waals surface area contributed by atoms with Gasteiger partial charge in [0.1, 0.15) is 0 Å². The Morgan fingerprint density at radius 3 is 2.52 bits per heavy atom. The lowest BCUT2D eigenvalue weighted by Crippen LogP contribution is -2.44. The predicted molar refractivity (Wildman–Crippen MR) is 93.2 cm³/mol. The van der Waals surface area contributed by atoms with Gasteiger partial charge in [0.2, 0.25) is 5.91 Å². The number of benzene rings is 1. The molecule has 0 spiro atoms.